The van der Waals surface area contributed by atoms with E-state index in [0.29, 0.717) is 23.2 Å². The molecule has 0 spiro atoms. The molecule has 2 amide bonds. The van der Waals surface area contributed by atoms with Crippen LogP contribution in [0.15, 0.2) is 53.9 Å². The summed E-state index contributed by atoms with van der Waals surface area (Å²) in [5, 5.41) is 8.75. The first kappa shape index (κ1) is 21.1. The summed E-state index contributed by atoms with van der Waals surface area (Å²) in [6.07, 6.45) is 3.86. The van der Waals surface area contributed by atoms with Gasteiger partial charge in [-0.15, -0.1) is 11.3 Å². The minimum Gasteiger partial charge on any atom is -0.493 e. The van der Waals surface area contributed by atoms with Crippen molar-refractivity contribution in [2.75, 3.05) is 11.9 Å². The molecule has 2 N–H and O–H groups in total. The molecular weight excluding hydrogens is 434 g/mol. The van der Waals surface area contributed by atoms with Crippen LogP contribution in [0.4, 0.5) is 5.13 Å². The maximum atomic E-state index is 12.2. The Morgan fingerprint density at radius 2 is 2.13 bits per heavy atom. The predicted octanol–water partition coefficient (Wildman–Crippen LogP) is 5.08. The first-order chi connectivity index (χ1) is 15.0. The van der Waals surface area contributed by atoms with Gasteiger partial charge < -0.3 is 10.1 Å². The third-order valence-corrected chi connectivity index (χ3v) is 5.73. The topological polar surface area (TPSA) is 80.3 Å². The van der Waals surface area contributed by atoms with Gasteiger partial charge in [0.15, 0.2) is 5.13 Å². The number of ether oxygens (including phenoxy) is 1. The lowest BCUT2D eigenvalue weighted by Crippen LogP contribution is -2.30. The highest BCUT2D eigenvalue weighted by Gasteiger charge is 2.23. The molecule has 3 aromatic rings. The van der Waals surface area contributed by atoms with E-state index >= 15 is 0 Å². The Labute approximate surface area is 188 Å². The van der Waals surface area contributed by atoms with Crippen LogP contribution in [-0.2, 0) is 9.59 Å². The number of benzene rings is 2. The zero-order chi connectivity index (χ0) is 21.8. The van der Waals surface area contributed by atoms with E-state index in [1.807, 2.05) is 35.7 Å². The van der Waals surface area contributed by atoms with Crippen LogP contribution in [0.2, 0.25) is 5.02 Å². The molecule has 0 fully saturated rings. The van der Waals surface area contributed by atoms with Gasteiger partial charge in [-0.05, 0) is 42.0 Å². The highest BCUT2D eigenvalue weighted by Crippen LogP contribution is 2.36. The number of anilines is 1. The standard InChI is InChI=1S/C23H20ClN3O3S/c1-14(28)25-19-9-10-30-21-7-6-16(12-18(19)21)20-13-31-23(26-20)27-22(29)8-5-15-3-2-4-17(24)11-15/h2-8,11-13,19H,9-10H2,1H3,(H,25,28)(H,26,27,29)/b8-5+. The van der Waals surface area contributed by atoms with E-state index in [0.717, 1.165) is 28.1 Å². The Kier molecular flexibility index (Phi) is 6.34. The van der Waals surface area contributed by atoms with Crippen molar-refractivity contribution in [2.45, 2.75) is 19.4 Å². The van der Waals surface area contributed by atoms with Crippen molar-refractivity contribution in [2.24, 2.45) is 0 Å². The summed E-state index contributed by atoms with van der Waals surface area (Å²) in [7, 11) is 0. The number of carbonyl (C=O) groups is 2. The molecule has 31 heavy (non-hydrogen) atoms. The maximum Gasteiger partial charge on any atom is 0.250 e. The lowest BCUT2D eigenvalue weighted by molar-refractivity contribution is -0.119. The summed E-state index contributed by atoms with van der Waals surface area (Å²) in [6.45, 7) is 2.07. The molecule has 8 heteroatoms. The molecular formula is C23H20ClN3O3S. The van der Waals surface area contributed by atoms with Crippen molar-refractivity contribution in [1.82, 2.24) is 10.3 Å². The molecule has 1 aromatic heterocycles. The second-order valence-electron chi connectivity index (χ2n) is 7.06. The molecule has 1 aliphatic rings. The van der Waals surface area contributed by atoms with Gasteiger partial charge in [-0.3, -0.25) is 14.9 Å². The molecule has 158 valence electrons. The van der Waals surface area contributed by atoms with Crippen LogP contribution in [-0.4, -0.2) is 23.4 Å². The molecule has 2 aromatic carbocycles. The summed E-state index contributed by atoms with van der Waals surface area (Å²) in [5.41, 5.74) is 3.41. The number of fused-ring (bicyclic) bond motifs is 1. The van der Waals surface area contributed by atoms with E-state index in [9.17, 15) is 9.59 Å². The van der Waals surface area contributed by atoms with Crippen molar-refractivity contribution in [3.8, 4) is 17.0 Å². The van der Waals surface area contributed by atoms with Crippen LogP contribution in [0.1, 0.15) is 30.5 Å². The molecule has 1 atom stereocenters. The van der Waals surface area contributed by atoms with Gasteiger partial charge in [0.05, 0.1) is 18.3 Å². The Bertz CT molecular complexity index is 1160. The summed E-state index contributed by atoms with van der Waals surface area (Å²) in [6, 6.07) is 13.0. The van der Waals surface area contributed by atoms with Crippen molar-refractivity contribution in [3.05, 3.63) is 70.1 Å². The summed E-state index contributed by atoms with van der Waals surface area (Å²) >= 11 is 7.30. The molecule has 6 nitrogen and oxygen atoms in total. The number of hydrogen-bond donors (Lipinski definition) is 2. The van der Waals surface area contributed by atoms with Gasteiger partial charge in [-0.25, -0.2) is 4.98 Å². The largest absolute Gasteiger partial charge is 0.493 e. The average molecular weight is 454 g/mol. The summed E-state index contributed by atoms with van der Waals surface area (Å²) in [5.74, 6) is 0.418. The minimum absolute atomic E-state index is 0.0762. The van der Waals surface area contributed by atoms with Crippen molar-refractivity contribution in [1.29, 1.82) is 0 Å². The maximum absolute atomic E-state index is 12.2. The first-order valence-corrected chi connectivity index (χ1v) is 11.0. The molecule has 1 aliphatic heterocycles. The average Bonchev–Trinajstić information content (AvgIpc) is 3.20. The van der Waals surface area contributed by atoms with E-state index in [4.69, 9.17) is 16.3 Å². The van der Waals surface area contributed by atoms with Crippen molar-refractivity contribution >= 4 is 46.0 Å². The van der Waals surface area contributed by atoms with Gasteiger partial charge in [0.2, 0.25) is 11.8 Å². The van der Waals surface area contributed by atoms with Crippen molar-refractivity contribution in [3.63, 3.8) is 0 Å². The van der Waals surface area contributed by atoms with Gasteiger partial charge >= 0.3 is 0 Å². The number of rotatable bonds is 5. The zero-order valence-corrected chi connectivity index (χ0v) is 18.3. The number of thiazole rings is 1. The number of halogens is 1. The fourth-order valence-corrected chi connectivity index (χ4v) is 4.26. The molecule has 0 saturated heterocycles. The molecule has 4 rings (SSSR count). The molecule has 0 radical (unpaired) electrons. The smallest absolute Gasteiger partial charge is 0.250 e. The van der Waals surface area contributed by atoms with Crippen LogP contribution >= 0.6 is 22.9 Å². The van der Waals surface area contributed by atoms with E-state index in [2.05, 4.69) is 15.6 Å². The van der Waals surface area contributed by atoms with E-state index in [-0.39, 0.29) is 17.9 Å². The van der Waals surface area contributed by atoms with Crippen LogP contribution in [0.5, 0.6) is 5.75 Å². The van der Waals surface area contributed by atoms with Crippen LogP contribution < -0.4 is 15.4 Å². The molecule has 0 saturated carbocycles. The zero-order valence-electron chi connectivity index (χ0n) is 16.7. The van der Waals surface area contributed by atoms with Crippen LogP contribution in [0.3, 0.4) is 0 Å². The molecule has 0 aliphatic carbocycles. The second kappa shape index (κ2) is 9.32. The first-order valence-electron chi connectivity index (χ1n) is 9.72. The Morgan fingerprint density at radius 3 is 2.94 bits per heavy atom. The van der Waals surface area contributed by atoms with Crippen molar-refractivity contribution < 1.29 is 14.3 Å². The van der Waals surface area contributed by atoms with E-state index in [1.54, 1.807) is 18.2 Å². The number of carbonyl (C=O) groups excluding carboxylic acids is 2. The number of nitrogens with one attached hydrogen (secondary N) is 2. The number of amides is 2. The van der Waals surface area contributed by atoms with Gasteiger partial charge in [-0.2, -0.15) is 0 Å². The Morgan fingerprint density at radius 1 is 1.26 bits per heavy atom. The third kappa shape index (κ3) is 5.31. The number of nitrogens with zero attached hydrogens (tertiary/aromatic N) is 1. The van der Waals surface area contributed by atoms with Gasteiger partial charge in [0, 0.05) is 41.0 Å². The third-order valence-electron chi connectivity index (χ3n) is 4.73. The predicted molar refractivity (Wildman–Crippen MR) is 123 cm³/mol. The quantitative estimate of drug-likeness (QED) is 0.528. The SMILES string of the molecule is CC(=O)NC1CCOc2ccc(-c3csc(NC(=O)/C=C/c4cccc(Cl)c4)n3)cc21. The fraction of sp³-hybridized carbons (Fsp3) is 0.174. The van der Waals surface area contributed by atoms with Gasteiger partial charge in [-0.1, -0.05) is 23.7 Å². The number of hydrogen-bond acceptors (Lipinski definition) is 5. The van der Waals surface area contributed by atoms with Gasteiger partial charge in [0.25, 0.3) is 0 Å². The Hall–Kier alpha value is -3.16. The normalized spacial score (nSPS) is 15.2. The van der Waals surface area contributed by atoms with Gasteiger partial charge in [0.1, 0.15) is 5.75 Å². The van der Waals surface area contributed by atoms with E-state index in [1.165, 1.54) is 24.3 Å². The lowest BCUT2D eigenvalue weighted by Gasteiger charge is -2.26. The van der Waals surface area contributed by atoms with E-state index < -0.39 is 0 Å². The molecule has 0 bridgehead atoms. The molecule has 1 unspecified atom stereocenters. The number of aromatic nitrogens is 1. The highest BCUT2D eigenvalue weighted by atomic mass is 35.5. The summed E-state index contributed by atoms with van der Waals surface area (Å²) < 4.78 is 5.71. The molecule has 2 heterocycles. The van der Waals surface area contributed by atoms with Crippen LogP contribution in [0, 0.1) is 0 Å². The fourth-order valence-electron chi connectivity index (χ4n) is 3.34. The summed E-state index contributed by atoms with van der Waals surface area (Å²) in [4.78, 5) is 28.3. The van der Waals surface area contributed by atoms with Crippen LogP contribution in [0.25, 0.3) is 17.3 Å². The minimum atomic E-state index is -0.273. The second-order valence-corrected chi connectivity index (χ2v) is 8.35. The lowest BCUT2D eigenvalue weighted by atomic mass is 9.97. The monoisotopic (exact) mass is 453 g/mol. The Balaban J connectivity index is 1.47. The highest BCUT2D eigenvalue weighted by molar-refractivity contribution is 7.14.